The lowest BCUT2D eigenvalue weighted by molar-refractivity contribution is 0.290. The molecule has 8 heteroatoms. The predicted octanol–water partition coefficient (Wildman–Crippen LogP) is 1.07. The fourth-order valence-electron chi connectivity index (χ4n) is 2.27. The van der Waals surface area contributed by atoms with Gasteiger partial charge in [-0.15, -0.1) is 0 Å². The Balaban J connectivity index is 1.94. The molecule has 2 aromatic heterocycles. The van der Waals surface area contributed by atoms with Gasteiger partial charge in [-0.2, -0.15) is 14.5 Å². The van der Waals surface area contributed by atoms with E-state index in [1.165, 1.54) is 11.7 Å². The van der Waals surface area contributed by atoms with E-state index in [-0.39, 0.29) is 12.3 Å². The van der Waals surface area contributed by atoms with Gasteiger partial charge in [0.15, 0.2) is 0 Å². The molecule has 0 aliphatic carbocycles. The van der Waals surface area contributed by atoms with Crippen LogP contribution in [-0.2, 0) is 20.2 Å². The molecule has 3 aromatic rings. The van der Waals surface area contributed by atoms with E-state index in [2.05, 4.69) is 15.5 Å². The Bertz CT molecular complexity index is 926. The molecule has 23 heavy (non-hydrogen) atoms. The third-order valence-corrected chi connectivity index (χ3v) is 3.56. The molecule has 0 saturated heterocycles. The Morgan fingerprint density at radius 1 is 1.35 bits per heavy atom. The van der Waals surface area contributed by atoms with Crippen molar-refractivity contribution in [1.82, 2.24) is 29.6 Å². The first-order chi connectivity index (χ1) is 11.5. The van der Waals surface area contributed by atoms with E-state index in [0.29, 0.717) is 24.0 Å². The Kier molecular flexibility index (Phi) is 3.63. The zero-order valence-electron chi connectivity index (χ0n) is 14.2. The van der Waals surface area contributed by atoms with E-state index in [1.54, 1.807) is 29.1 Å². The summed E-state index contributed by atoms with van der Waals surface area (Å²) in [6, 6.07) is 5.61. The SMILES string of the molecule is [3H]c1ccc(OCc2c(-n3nnn(C)c3=O)cnn2CC)c(C)c1. The highest BCUT2D eigenvalue weighted by atomic mass is 16.5. The van der Waals surface area contributed by atoms with Gasteiger partial charge in [0.05, 0.1) is 7.57 Å². The van der Waals surface area contributed by atoms with Crippen LogP contribution in [0, 0.1) is 6.92 Å². The molecule has 1 aromatic carbocycles. The molecule has 0 aliphatic rings. The number of aromatic nitrogens is 6. The zero-order chi connectivity index (χ0) is 17.3. The Morgan fingerprint density at radius 3 is 2.83 bits per heavy atom. The lowest BCUT2D eigenvalue weighted by Crippen LogP contribution is -2.23. The van der Waals surface area contributed by atoms with Crippen LogP contribution in [0.2, 0.25) is 0 Å². The number of hydrogen-bond donors (Lipinski definition) is 0. The van der Waals surface area contributed by atoms with Gasteiger partial charge in [0.25, 0.3) is 0 Å². The van der Waals surface area contributed by atoms with Gasteiger partial charge in [-0.25, -0.2) is 4.79 Å². The van der Waals surface area contributed by atoms with Gasteiger partial charge in [0.2, 0.25) is 0 Å². The fourth-order valence-corrected chi connectivity index (χ4v) is 2.27. The van der Waals surface area contributed by atoms with Crippen LogP contribution in [0.5, 0.6) is 5.75 Å². The van der Waals surface area contributed by atoms with Gasteiger partial charge in [0.1, 0.15) is 23.7 Å². The van der Waals surface area contributed by atoms with E-state index in [9.17, 15) is 4.79 Å². The number of aryl methyl sites for hydroxylation is 3. The maximum Gasteiger partial charge on any atom is 0.368 e. The monoisotopic (exact) mass is 316 g/mol. The second kappa shape index (κ2) is 6.07. The van der Waals surface area contributed by atoms with E-state index < -0.39 is 0 Å². The van der Waals surface area contributed by atoms with Crippen LogP contribution in [0.15, 0.2) is 35.2 Å². The van der Waals surface area contributed by atoms with E-state index >= 15 is 0 Å². The van der Waals surface area contributed by atoms with Gasteiger partial charge in [-0.05, 0) is 35.9 Å². The molecule has 0 spiro atoms. The molecule has 0 saturated carbocycles. The first-order valence-electron chi connectivity index (χ1n) is 7.75. The first kappa shape index (κ1) is 13.7. The summed E-state index contributed by atoms with van der Waals surface area (Å²) < 4.78 is 17.6. The van der Waals surface area contributed by atoms with Crippen LogP contribution in [0.25, 0.3) is 5.69 Å². The highest BCUT2D eigenvalue weighted by Crippen LogP contribution is 2.20. The second-order valence-electron chi connectivity index (χ2n) is 5.07. The Morgan fingerprint density at radius 2 is 2.17 bits per heavy atom. The molecule has 3 rings (SSSR count). The van der Waals surface area contributed by atoms with Gasteiger partial charge in [-0.1, -0.05) is 18.2 Å². The molecular formula is C15H18N6O2. The number of tetrazole rings is 1. The second-order valence-corrected chi connectivity index (χ2v) is 5.07. The summed E-state index contributed by atoms with van der Waals surface area (Å²) in [4.78, 5) is 12.1. The average molecular weight is 316 g/mol. The molecule has 0 unspecified atom stereocenters. The van der Waals surface area contributed by atoms with Gasteiger partial charge in [-0.3, -0.25) is 4.68 Å². The molecule has 120 valence electrons. The third kappa shape index (κ3) is 2.75. The minimum absolute atomic E-state index is 0.227. The van der Waals surface area contributed by atoms with Crippen LogP contribution >= 0.6 is 0 Å². The lowest BCUT2D eigenvalue weighted by Gasteiger charge is -2.11. The van der Waals surface area contributed by atoms with Crippen LogP contribution in [-0.4, -0.2) is 29.6 Å². The normalized spacial score (nSPS) is 11.5. The smallest absolute Gasteiger partial charge is 0.368 e. The minimum atomic E-state index is -0.346. The largest absolute Gasteiger partial charge is 0.487 e. The van der Waals surface area contributed by atoms with E-state index in [4.69, 9.17) is 6.11 Å². The van der Waals surface area contributed by atoms with Gasteiger partial charge in [0, 0.05) is 13.6 Å². The number of ether oxygens (including phenoxy) is 1. The molecule has 0 bridgehead atoms. The Hall–Kier alpha value is -2.90. The highest BCUT2D eigenvalue weighted by molar-refractivity contribution is 5.35. The molecule has 0 amide bonds. The summed E-state index contributed by atoms with van der Waals surface area (Å²) in [5, 5.41) is 11.9. The van der Waals surface area contributed by atoms with Crippen LogP contribution in [0.3, 0.4) is 0 Å². The maximum atomic E-state index is 12.1. The molecule has 2 heterocycles. The van der Waals surface area contributed by atoms with Crippen molar-refractivity contribution in [2.75, 3.05) is 0 Å². The third-order valence-electron chi connectivity index (χ3n) is 3.56. The van der Waals surface area contributed by atoms with E-state index in [0.717, 1.165) is 15.9 Å². The quantitative estimate of drug-likeness (QED) is 0.703. The molecule has 0 atom stereocenters. The fraction of sp³-hybridized carbons (Fsp3) is 0.333. The molecule has 0 fully saturated rings. The molecule has 0 aliphatic heterocycles. The summed E-state index contributed by atoms with van der Waals surface area (Å²) in [5.74, 6) is 0.687. The first-order valence-corrected chi connectivity index (χ1v) is 7.25. The van der Waals surface area contributed by atoms with Crippen molar-refractivity contribution in [3.8, 4) is 11.4 Å². The topological polar surface area (TPSA) is 79.8 Å². The molecule has 8 nitrogen and oxygen atoms in total. The molecular weight excluding hydrogens is 296 g/mol. The summed E-state index contributed by atoms with van der Waals surface area (Å²) in [6.07, 6.45) is 1.58. The summed E-state index contributed by atoms with van der Waals surface area (Å²) in [7, 11) is 1.54. The van der Waals surface area contributed by atoms with Crippen molar-refractivity contribution in [3.05, 3.63) is 52.2 Å². The molecule has 0 radical (unpaired) electrons. The maximum absolute atomic E-state index is 12.1. The molecule has 0 N–H and O–H groups in total. The van der Waals surface area contributed by atoms with Crippen LogP contribution in [0.1, 0.15) is 19.6 Å². The van der Waals surface area contributed by atoms with Crippen molar-refractivity contribution in [3.63, 3.8) is 0 Å². The standard InChI is InChI=1S/C15H18N6O2/c1-4-20-13(10-23-14-8-6-5-7-11(14)2)12(9-16-20)21-15(22)19(3)17-18-21/h5-9H,4,10H2,1-3H3/i5T. The van der Waals surface area contributed by atoms with E-state index in [1.807, 2.05) is 13.8 Å². The number of para-hydroxylation sites is 1. The Labute approximate surface area is 134 Å². The van der Waals surface area contributed by atoms with Crippen molar-refractivity contribution < 1.29 is 6.11 Å². The van der Waals surface area contributed by atoms with Crippen molar-refractivity contribution in [2.24, 2.45) is 7.05 Å². The van der Waals surface area contributed by atoms with Crippen molar-refractivity contribution in [2.45, 2.75) is 27.0 Å². The number of hydrogen-bond acceptors (Lipinski definition) is 5. The highest BCUT2D eigenvalue weighted by Gasteiger charge is 2.17. The number of rotatable bonds is 5. The average Bonchev–Trinajstić information content (AvgIpc) is 3.10. The van der Waals surface area contributed by atoms with Crippen molar-refractivity contribution >= 4 is 0 Å². The minimum Gasteiger partial charge on any atom is -0.487 e. The van der Waals surface area contributed by atoms with Crippen molar-refractivity contribution in [1.29, 1.82) is 0 Å². The van der Waals surface area contributed by atoms with Gasteiger partial charge < -0.3 is 4.74 Å². The zero-order valence-corrected chi connectivity index (χ0v) is 13.2. The summed E-state index contributed by atoms with van der Waals surface area (Å²) >= 11 is 0. The van der Waals surface area contributed by atoms with Gasteiger partial charge >= 0.3 is 5.69 Å². The number of nitrogens with zero attached hydrogens (tertiary/aromatic N) is 6. The van der Waals surface area contributed by atoms with Crippen LogP contribution in [0.4, 0.5) is 0 Å². The van der Waals surface area contributed by atoms with Crippen LogP contribution < -0.4 is 10.4 Å². The lowest BCUT2D eigenvalue weighted by atomic mass is 10.2. The summed E-state index contributed by atoms with van der Waals surface area (Å²) in [6.45, 7) is 4.71. The number of benzene rings is 1. The summed E-state index contributed by atoms with van der Waals surface area (Å²) in [5.41, 5.74) is 1.81. The predicted molar refractivity (Wildman–Crippen MR) is 83.6 cm³/mol.